The quantitative estimate of drug-likeness (QED) is 0.314. The van der Waals surface area contributed by atoms with Crippen molar-refractivity contribution in [3.8, 4) is 0 Å². The van der Waals surface area contributed by atoms with Gasteiger partial charge in [0.2, 0.25) is 0 Å². The van der Waals surface area contributed by atoms with Crippen LogP contribution in [-0.4, -0.2) is 0 Å². The first kappa shape index (κ1) is 25.7. The Morgan fingerprint density at radius 2 is 1.06 bits per heavy atom. The highest BCUT2D eigenvalue weighted by molar-refractivity contribution is 6.30. The van der Waals surface area contributed by atoms with Crippen molar-refractivity contribution in [3.05, 3.63) is 142 Å². The Hall–Kier alpha value is -2.91. The van der Waals surface area contributed by atoms with E-state index < -0.39 is 0 Å². The molecule has 0 aliphatic carbocycles. The van der Waals surface area contributed by atoms with E-state index in [1.807, 2.05) is 48.5 Å². The highest BCUT2D eigenvalue weighted by Gasteiger charge is 2.23. The molecule has 2 nitrogen and oxygen atoms in total. The summed E-state index contributed by atoms with van der Waals surface area (Å²) in [6.45, 7) is 6.27. The van der Waals surface area contributed by atoms with Gasteiger partial charge >= 0.3 is 0 Å². The van der Waals surface area contributed by atoms with E-state index in [1.165, 1.54) is 22.3 Å². The van der Waals surface area contributed by atoms with Crippen LogP contribution in [0.5, 0.6) is 0 Å². The normalized spacial score (nSPS) is 14.3. The van der Waals surface area contributed by atoms with Gasteiger partial charge < -0.3 is 11.5 Å². The minimum Gasteiger partial charge on any atom is -0.321 e. The van der Waals surface area contributed by atoms with Crippen molar-refractivity contribution in [3.63, 3.8) is 0 Å². The van der Waals surface area contributed by atoms with Crippen LogP contribution in [0.1, 0.15) is 41.7 Å². The second-order valence-electron chi connectivity index (χ2n) is 9.48. The van der Waals surface area contributed by atoms with Gasteiger partial charge in [-0.2, -0.15) is 0 Å². The maximum absolute atomic E-state index is 6.47. The summed E-state index contributed by atoms with van der Waals surface area (Å²) in [6.07, 6.45) is 1.66. The summed E-state index contributed by atoms with van der Waals surface area (Å²) in [5, 5.41) is 0.757. The van der Waals surface area contributed by atoms with Gasteiger partial charge in [-0.25, -0.2) is 0 Å². The van der Waals surface area contributed by atoms with Crippen molar-refractivity contribution < 1.29 is 0 Å². The third-order valence-electron chi connectivity index (χ3n) is 6.09. The number of hydrogen-bond donors (Lipinski definition) is 2. The standard InChI is InChI=1S/C16H19N.C15H16ClN/c1-13-8-6-7-11-15(13)16(2,17)12-14-9-4-3-5-10-14;1-15(17,13-5-3-2-4-6-13)11-12-7-9-14(16)10-8-12/h3-11H,12,17H2,1-2H3;2-10H,11,17H2,1H3. The lowest BCUT2D eigenvalue weighted by Gasteiger charge is -2.27. The third-order valence-corrected chi connectivity index (χ3v) is 6.34. The first-order valence-corrected chi connectivity index (χ1v) is 12.0. The summed E-state index contributed by atoms with van der Waals surface area (Å²) in [6, 6.07) is 36.8. The molecule has 0 fully saturated rings. The molecule has 34 heavy (non-hydrogen) atoms. The number of nitrogens with two attached hydrogens (primary N) is 2. The van der Waals surface area contributed by atoms with Crippen molar-refractivity contribution in [1.29, 1.82) is 0 Å². The molecule has 0 heterocycles. The van der Waals surface area contributed by atoms with E-state index in [2.05, 4.69) is 81.4 Å². The van der Waals surface area contributed by atoms with Crippen LogP contribution in [-0.2, 0) is 23.9 Å². The zero-order valence-electron chi connectivity index (χ0n) is 20.3. The molecule has 0 radical (unpaired) electrons. The topological polar surface area (TPSA) is 52.0 Å². The minimum absolute atomic E-state index is 0.313. The molecular formula is C31H35ClN2. The molecule has 176 valence electrons. The molecule has 4 rings (SSSR count). The monoisotopic (exact) mass is 470 g/mol. The van der Waals surface area contributed by atoms with Crippen molar-refractivity contribution in [2.75, 3.05) is 0 Å². The van der Waals surface area contributed by atoms with Crippen molar-refractivity contribution in [2.24, 2.45) is 11.5 Å². The van der Waals surface area contributed by atoms with Gasteiger partial charge in [0.15, 0.2) is 0 Å². The Kier molecular flexibility index (Phi) is 8.68. The highest BCUT2D eigenvalue weighted by atomic mass is 35.5. The van der Waals surface area contributed by atoms with E-state index in [0.717, 1.165) is 23.4 Å². The number of hydrogen-bond acceptors (Lipinski definition) is 2. The fraction of sp³-hybridized carbons (Fsp3) is 0.226. The summed E-state index contributed by atoms with van der Waals surface area (Å²) in [7, 11) is 0. The van der Waals surface area contributed by atoms with Crippen LogP contribution in [0.15, 0.2) is 109 Å². The molecule has 2 atom stereocenters. The van der Waals surface area contributed by atoms with Crippen molar-refractivity contribution in [1.82, 2.24) is 0 Å². The smallest absolute Gasteiger partial charge is 0.0424 e. The van der Waals surface area contributed by atoms with E-state index in [0.29, 0.717) is 0 Å². The maximum atomic E-state index is 6.47. The molecule has 2 unspecified atom stereocenters. The molecule has 3 heteroatoms. The van der Waals surface area contributed by atoms with Gasteiger partial charge in [-0.15, -0.1) is 0 Å². The number of aryl methyl sites for hydroxylation is 1. The van der Waals surface area contributed by atoms with Crippen LogP contribution in [0.3, 0.4) is 0 Å². The van der Waals surface area contributed by atoms with E-state index >= 15 is 0 Å². The Bertz CT molecular complexity index is 1150. The summed E-state index contributed by atoms with van der Waals surface area (Å²) in [5.41, 5.74) is 18.3. The lowest BCUT2D eigenvalue weighted by atomic mass is 9.84. The minimum atomic E-state index is -0.352. The first-order chi connectivity index (χ1) is 16.2. The van der Waals surface area contributed by atoms with E-state index in [1.54, 1.807) is 0 Å². The Morgan fingerprint density at radius 3 is 1.65 bits per heavy atom. The van der Waals surface area contributed by atoms with Gasteiger partial charge in [-0.3, -0.25) is 0 Å². The molecule has 4 aromatic carbocycles. The van der Waals surface area contributed by atoms with Crippen molar-refractivity contribution in [2.45, 2.75) is 44.7 Å². The Balaban J connectivity index is 0.000000191. The molecule has 4 aromatic rings. The van der Waals surface area contributed by atoms with E-state index in [9.17, 15) is 0 Å². The second kappa shape index (κ2) is 11.5. The average molecular weight is 471 g/mol. The average Bonchev–Trinajstić information content (AvgIpc) is 2.82. The lowest BCUT2D eigenvalue weighted by Crippen LogP contribution is -2.36. The van der Waals surface area contributed by atoms with E-state index in [4.69, 9.17) is 23.1 Å². The molecule has 0 aliphatic rings. The lowest BCUT2D eigenvalue weighted by molar-refractivity contribution is 0.488. The summed E-state index contributed by atoms with van der Waals surface area (Å²) in [4.78, 5) is 0. The predicted octanol–water partition coefficient (Wildman–Crippen LogP) is 7.17. The molecule has 0 saturated heterocycles. The molecule has 4 N–H and O–H groups in total. The maximum Gasteiger partial charge on any atom is 0.0424 e. The van der Waals surface area contributed by atoms with Crippen LogP contribution in [0.2, 0.25) is 5.02 Å². The molecule has 0 saturated carbocycles. The fourth-order valence-corrected chi connectivity index (χ4v) is 4.40. The third kappa shape index (κ3) is 7.30. The number of rotatable bonds is 6. The predicted molar refractivity (Wildman–Crippen MR) is 146 cm³/mol. The van der Waals surface area contributed by atoms with Gasteiger partial charge in [0.05, 0.1) is 0 Å². The molecule has 0 aromatic heterocycles. The molecule has 0 bridgehead atoms. The Labute approximate surface area is 209 Å². The van der Waals surface area contributed by atoms with E-state index in [-0.39, 0.29) is 11.1 Å². The molecular weight excluding hydrogens is 436 g/mol. The SMILES string of the molecule is CC(N)(Cc1ccc(Cl)cc1)c1ccccc1.Cc1ccccc1C(C)(N)Cc1ccccc1. The summed E-state index contributed by atoms with van der Waals surface area (Å²) >= 11 is 5.87. The molecule has 0 aliphatic heterocycles. The molecule has 0 spiro atoms. The van der Waals surface area contributed by atoms with Crippen LogP contribution in [0, 0.1) is 6.92 Å². The summed E-state index contributed by atoms with van der Waals surface area (Å²) < 4.78 is 0. The number of benzene rings is 4. The summed E-state index contributed by atoms with van der Waals surface area (Å²) in [5.74, 6) is 0. The fourth-order valence-electron chi connectivity index (χ4n) is 4.28. The zero-order valence-corrected chi connectivity index (χ0v) is 21.1. The zero-order chi connectivity index (χ0) is 24.6. The van der Waals surface area contributed by atoms with Crippen LogP contribution >= 0.6 is 11.6 Å². The van der Waals surface area contributed by atoms with Gasteiger partial charge in [0.25, 0.3) is 0 Å². The largest absolute Gasteiger partial charge is 0.321 e. The molecule has 0 amide bonds. The number of halogens is 1. The van der Waals surface area contributed by atoms with Gasteiger partial charge in [0.1, 0.15) is 0 Å². The van der Waals surface area contributed by atoms with Crippen molar-refractivity contribution >= 4 is 11.6 Å². The van der Waals surface area contributed by atoms with Gasteiger partial charge in [0, 0.05) is 16.1 Å². The first-order valence-electron chi connectivity index (χ1n) is 11.7. The van der Waals surface area contributed by atoms with Crippen LogP contribution in [0.4, 0.5) is 0 Å². The van der Waals surface area contributed by atoms with Crippen LogP contribution < -0.4 is 11.5 Å². The van der Waals surface area contributed by atoms with Gasteiger partial charge in [-0.05, 0) is 73.6 Å². The second-order valence-corrected chi connectivity index (χ2v) is 9.92. The Morgan fingerprint density at radius 1 is 0.588 bits per heavy atom. The van der Waals surface area contributed by atoms with Gasteiger partial charge in [-0.1, -0.05) is 109 Å². The van der Waals surface area contributed by atoms with Crippen LogP contribution in [0.25, 0.3) is 0 Å². The highest BCUT2D eigenvalue weighted by Crippen LogP contribution is 2.25.